The highest BCUT2D eigenvalue weighted by Gasteiger charge is 2.10. The van der Waals surface area contributed by atoms with Crippen molar-refractivity contribution in [2.24, 2.45) is 0 Å². The topological polar surface area (TPSA) is 66.9 Å². The van der Waals surface area contributed by atoms with Gasteiger partial charge >= 0.3 is 0 Å². The van der Waals surface area contributed by atoms with Crippen molar-refractivity contribution in [3.63, 3.8) is 0 Å². The normalized spacial score (nSPS) is 11.7. The van der Waals surface area contributed by atoms with Gasteiger partial charge in [-0.25, -0.2) is 9.37 Å². The van der Waals surface area contributed by atoms with Gasteiger partial charge in [0.1, 0.15) is 16.8 Å². The summed E-state index contributed by atoms with van der Waals surface area (Å²) in [6.07, 6.45) is 3.04. The lowest BCUT2D eigenvalue weighted by molar-refractivity contribution is 0.102. The minimum atomic E-state index is -0.452. The van der Waals surface area contributed by atoms with Crippen LogP contribution in [0.5, 0.6) is 0 Å². The molecule has 0 saturated heterocycles. The molecule has 7 heteroatoms. The lowest BCUT2D eigenvalue weighted by Crippen LogP contribution is -2.13. The van der Waals surface area contributed by atoms with Crippen LogP contribution in [0.25, 0.3) is 0 Å². The Balaban J connectivity index is 1.72. The van der Waals surface area contributed by atoms with Gasteiger partial charge in [-0.15, -0.1) is 0 Å². The molecule has 0 spiro atoms. The molecular formula is C19H16ClFN4O. The number of benzene rings is 2. The van der Waals surface area contributed by atoms with Crippen LogP contribution in [-0.4, -0.2) is 15.9 Å². The van der Waals surface area contributed by atoms with Gasteiger partial charge in [0.05, 0.1) is 18.4 Å². The molecule has 2 N–H and O–H groups in total. The van der Waals surface area contributed by atoms with Crippen LogP contribution in [0.3, 0.4) is 0 Å². The first-order valence-corrected chi connectivity index (χ1v) is 8.30. The summed E-state index contributed by atoms with van der Waals surface area (Å²) >= 11 is 5.84. The van der Waals surface area contributed by atoms with Crippen molar-refractivity contribution in [3.8, 4) is 0 Å². The molecule has 132 valence electrons. The van der Waals surface area contributed by atoms with Gasteiger partial charge in [-0.2, -0.15) is 0 Å². The van der Waals surface area contributed by atoms with E-state index in [0.29, 0.717) is 16.7 Å². The molecule has 3 aromatic rings. The van der Waals surface area contributed by atoms with Crippen LogP contribution in [0.1, 0.15) is 28.9 Å². The molecule has 3 rings (SSSR count). The third-order valence-electron chi connectivity index (χ3n) is 3.70. The maximum absolute atomic E-state index is 13.3. The highest BCUT2D eigenvalue weighted by atomic mass is 35.5. The largest absolute Gasteiger partial charge is 0.362 e. The summed E-state index contributed by atoms with van der Waals surface area (Å²) in [6, 6.07) is 12.8. The molecule has 0 fully saturated rings. The second-order valence-electron chi connectivity index (χ2n) is 5.68. The number of aromatic nitrogens is 2. The van der Waals surface area contributed by atoms with E-state index >= 15 is 0 Å². The lowest BCUT2D eigenvalue weighted by atomic mass is 10.1. The van der Waals surface area contributed by atoms with Crippen molar-refractivity contribution in [1.29, 1.82) is 0 Å². The number of nitrogens with one attached hydrogen (secondary N) is 2. The number of hydrogen-bond acceptors (Lipinski definition) is 4. The van der Waals surface area contributed by atoms with Crippen molar-refractivity contribution in [2.45, 2.75) is 13.0 Å². The van der Waals surface area contributed by atoms with E-state index in [-0.39, 0.29) is 17.5 Å². The fraction of sp³-hybridized carbons (Fsp3) is 0.105. The molecule has 1 aromatic heterocycles. The molecule has 1 heterocycles. The van der Waals surface area contributed by atoms with Crippen LogP contribution >= 0.6 is 11.6 Å². The van der Waals surface area contributed by atoms with E-state index in [9.17, 15) is 9.18 Å². The van der Waals surface area contributed by atoms with Crippen LogP contribution in [0.15, 0.2) is 60.9 Å². The smallest absolute Gasteiger partial charge is 0.255 e. The summed E-state index contributed by atoms with van der Waals surface area (Å²) in [4.78, 5) is 20.4. The quantitative estimate of drug-likeness (QED) is 0.683. The van der Waals surface area contributed by atoms with Crippen LogP contribution in [-0.2, 0) is 0 Å². The number of carbonyl (C=O) groups is 1. The second-order valence-corrected chi connectivity index (χ2v) is 6.07. The number of halogens is 2. The Bertz CT molecular complexity index is 935. The molecule has 2 aromatic carbocycles. The molecule has 0 bridgehead atoms. The Morgan fingerprint density at radius 3 is 2.73 bits per heavy atom. The van der Waals surface area contributed by atoms with Crippen molar-refractivity contribution in [3.05, 3.63) is 83.0 Å². The molecule has 0 saturated carbocycles. The first-order valence-electron chi connectivity index (χ1n) is 7.92. The van der Waals surface area contributed by atoms with E-state index in [4.69, 9.17) is 11.6 Å². The summed E-state index contributed by atoms with van der Waals surface area (Å²) in [6.45, 7) is 1.95. The average Bonchev–Trinajstić information content (AvgIpc) is 2.62. The Hall–Kier alpha value is -2.99. The Morgan fingerprint density at radius 2 is 1.96 bits per heavy atom. The van der Waals surface area contributed by atoms with E-state index in [1.54, 1.807) is 18.3 Å². The van der Waals surface area contributed by atoms with Crippen LogP contribution in [0.2, 0.25) is 5.15 Å². The second kappa shape index (κ2) is 7.93. The number of rotatable bonds is 5. The maximum Gasteiger partial charge on any atom is 0.255 e. The first kappa shape index (κ1) is 17.8. The van der Waals surface area contributed by atoms with Crippen molar-refractivity contribution in [2.75, 3.05) is 10.6 Å². The summed E-state index contributed by atoms with van der Waals surface area (Å²) in [5.74, 6) is -0.269. The number of carbonyl (C=O) groups excluding carboxylic acids is 1. The zero-order valence-electron chi connectivity index (χ0n) is 13.9. The van der Waals surface area contributed by atoms with Gasteiger partial charge in [-0.3, -0.25) is 9.78 Å². The van der Waals surface area contributed by atoms with Crippen molar-refractivity contribution >= 4 is 29.0 Å². The van der Waals surface area contributed by atoms with Gasteiger partial charge in [0.25, 0.3) is 5.91 Å². The number of amides is 1. The fourth-order valence-electron chi connectivity index (χ4n) is 2.44. The summed E-state index contributed by atoms with van der Waals surface area (Å²) in [5.41, 5.74) is 1.81. The number of anilines is 2. The number of hydrogen-bond donors (Lipinski definition) is 2. The molecule has 1 amide bonds. The van der Waals surface area contributed by atoms with E-state index in [0.717, 1.165) is 5.56 Å². The molecule has 0 aliphatic heterocycles. The third-order valence-corrected chi connectivity index (χ3v) is 3.88. The molecule has 26 heavy (non-hydrogen) atoms. The summed E-state index contributed by atoms with van der Waals surface area (Å²) < 4.78 is 13.3. The molecule has 1 unspecified atom stereocenters. The maximum atomic E-state index is 13.3. The van der Waals surface area contributed by atoms with E-state index < -0.39 is 5.82 Å². The highest BCUT2D eigenvalue weighted by molar-refractivity contribution is 6.29. The van der Waals surface area contributed by atoms with E-state index in [1.807, 2.05) is 25.1 Å². The van der Waals surface area contributed by atoms with Gasteiger partial charge in [0.2, 0.25) is 0 Å². The Labute approximate surface area is 155 Å². The standard InChI is InChI=1S/C19H16ClFN4O/c1-12(23-18-11-22-10-17(20)25-18)13-4-3-7-16(9-13)24-19(26)14-5-2-6-15(21)8-14/h2-12H,1H3,(H,23,25)(H,24,26). The molecular weight excluding hydrogens is 355 g/mol. The van der Waals surface area contributed by atoms with Gasteiger partial charge in [0, 0.05) is 11.3 Å². The minimum Gasteiger partial charge on any atom is -0.362 e. The molecule has 0 aliphatic carbocycles. The minimum absolute atomic E-state index is 0.0891. The van der Waals surface area contributed by atoms with Gasteiger partial charge in [-0.05, 0) is 42.8 Å². The lowest BCUT2D eigenvalue weighted by Gasteiger charge is -2.16. The SMILES string of the molecule is CC(Nc1cncc(Cl)n1)c1cccc(NC(=O)c2cccc(F)c2)c1. The van der Waals surface area contributed by atoms with E-state index in [2.05, 4.69) is 20.6 Å². The summed E-state index contributed by atoms with van der Waals surface area (Å²) in [5, 5.41) is 6.27. The van der Waals surface area contributed by atoms with Gasteiger partial charge in [0.15, 0.2) is 0 Å². The zero-order chi connectivity index (χ0) is 18.5. The predicted molar refractivity (Wildman–Crippen MR) is 99.9 cm³/mol. The van der Waals surface area contributed by atoms with E-state index in [1.165, 1.54) is 24.4 Å². The van der Waals surface area contributed by atoms with Crippen LogP contribution < -0.4 is 10.6 Å². The first-order chi connectivity index (χ1) is 12.5. The van der Waals surface area contributed by atoms with Crippen molar-refractivity contribution in [1.82, 2.24) is 9.97 Å². The van der Waals surface area contributed by atoms with Gasteiger partial charge < -0.3 is 10.6 Å². The fourth-order valence-corrected chi connectivity index (χ4v) is 2.58. The van der Waals surface area contributed by atoms with Crippen LogP contribution in [0.4, 0.5) is 15.9 Å². The molecule has 5 nitrogen and oxygen atoms in total. The van der Waals surface area contributed by atoms with Crippen molar-refractivity contribution < 1.29 is 9.18 Å². The Kier molecular flexibility index (Phi) is 5.43. The van der Waals surface area contributed by atoms with Crippen LogP contribution in [0, 0.1) is 5.82 Å². The Morgan fingerprint density at radius 1 is 1.15 bits per heavy atom. The predicted octanol–water partition coefficient (Wildman–Crippen LogP) is 4.69. The molecule has 0 radical (unpaired) electrons. The average molecular weight is 371 g/mol. The monoisotopic (exact) mass is 370 g/mol. The summed E-state index contributed by atoms with van der Waals surface area (Å²) in [7, 11) is 0. The molecule has 0 aliphatic rings. The molecule has 1 atom stereocenters. The third kappa shape index (κ3) is 4.55. The van der Waals surface area contributed by atoms with Gasteiger partial charge in [-0.1, -0.05) is 29.8 Å². The zero-order valence-corrected chi connectivity index (χ0v) is 14.7. The highest BCUT2D eigenvalue weighted by Crippen LogP contribution is 2.21. The number of nitrogens with zero attached hydrogens (tertiary/aromatic N) is 2.